The summed E-state index contributed by atoms with van der Waals surface area (Å²) in [4.78, 5) is 2.56. The van der Waals surface area contributed by atoms with Crippen molar-refractivity contribution in [3.63, 3.8) is 0 Å². The van der Waals surface area contributed by atoms with Crippen LogP contribution in [0.25, 0.3) is 0 Å². The fourth-order valence-electron chi connectivity index (χ4n) is 1.63. The third-order valence-electron chi connectivity index (χ3n) is 2.53. The van der Waals surface area contributed by atoms with Gasteiger partial charge < -0.3 is 10.6 Å². The molecule has 66 valence electrons. The smallest absolute Gasteiger partial charge is 0.0803 e. The molecule has 0 unspecified atom stereocenters. The lowest BCUT2D eigenvalue weighted by Crippen LogP contribution is -2.58. The minimum atomic E-state index is 0.421. The molecule has 2 nitrogen and oxygen atoms in total. The van der Waals surface area contributed by atoms with Gasteiger partial charge in [-0.2, -0.15) is 0 Å². The van der Waals surface area contributed by atoms with Gasteiger partial charge in [0.25, 0.3) is 0 Å². The highest BCUT2D eigenvalue weighted by Gasteiger charge is 2.23. The Hall–Kier alpha value is -0.0800. The predicted molar refractivity (Wildman–Crippen MR) is 47.2 cm³/mol. The fourth-order valence-corrected chi connectivity index (χ4v) is 1.63. The van der Waals surface area contributed by atoms with Gasteiger partial charge in [-0.05, 0) is 25.9 Å². The Kier molecular flexibility index (Phi) is 2.90. The Morgan fingerprint density at radius 2 is 1.82 bits per heavy atom. The van der Waals surface area contributed by atoms with Crippen LogP contribution < -0.4 is 5.73 Å². The van der Waals surface area contributed by atoms with Crippen molar-refractivity contribution in [2.45, 2.75) is 26.7 Å². The molecule has 1 aliphatic heterocycles. The molecule has 1 aliphatic rings. The molecule has 0 bridgehead atoms. The van der Waals surface area contributed by atoms with Crippen LogP contribution >= 0.6 is 0 Å². The van der Waals surface area contributed by atoms with Gasteiger partial charge in [0.2, 0.25) is 0 Å². The lowest BCUT2D eigenvalue weighted by molar-refractivity contribution is -0.390. The van der Waals surface area contributed by atoms with E-state index in [-0.39, 0.29) is 0 Å². The number of likely N-dealkylation sites (tertiary alicyclic amines) is 1. The first-order chi connectivity index (χ1) is 5.14. The van der Waals surface area contributed by atoms with Crippen LogP contribution in [0.5, 0.6) is 0 Å². The SMILES string of the molecule is CC(C)(C[NH3+])CN1CCCC1. The van der Waals surface area contributed by atoms with Gasteiger partial charge in [0.05, 0.1) is 6.54 Å². The predicted octanol–water partition coefficient (Wildman–Crippen LogP) is 0.350. The molecular formula is C9H21N2+. The van der Waals surface area contributed by atoms with Crippen molar-refractivity contribution in [3.05, 3.63) is 0 Å². The zero-order valence-corrected chi connectivity index (χ0v) is 7.90. The molecule has 0 aromatic carbocycles. The van der Waals surface area contributed by atoms with Crippen molar-refractivity contribution in [2.24, 2.45) is 5.41 Å². The molecule has 1 rings (SSSR count). The lowest BCUT2D eigenvalue weighted by Gasteiger charge is -2.26. The van der Waals surface area contributed by atoms with E-state index >= 15 is 0 Å². The van der Waals surface area contributed by atoms with Gasteiger partial charge in [0.15, 0.2) is 0 Å². The molecule has 1 saturated heterocycles. The standard InChI is InChI=1S/C9H20N2/c1-9(2,7-10)8-11-5-3-4-6-11/h3-8,10H2,1-2H3/p+1. The van der Waals surface area contributed by atoms with Crippen molar-refractivity contribution in [3.8, 4) is 0 Å². The van der Waals surface area contributed by atoms with Crippen LogP contribution in [-0.4, -0.2) is 31.1 Å². The maximum Gasteiger partial charge on any atom is 0.0803 e. The minimum absolute atomic E-state index is 0.421. The zero-order valence-electron chi connectivity index (χ0n) is 7.90. The minimum Gasteiger partial charge on any atom is -0.357 e. The summed E-state index contributed by atoms with van der Waals surface area (Å²) >= 11 is 0. The molecule has 0 aliphatic carbocycles. The molecule has 0 saturated carbocycles. The van der Waals surface area contributed by atoms with Crippen LogP contribution in [0.1, 0.15) is 26.7 Å². The van der Waals surface area contributed by atoms with Gasteiger partial charge in [0.1, 0.15) is 0 Å². The molecule has 0 aromatic heterocycles. The number of quaternary nitrogens is 1. The highest BCUT2D eigenvalue weighted by atomic mass is 15.1. The third-order valence-corrected chi connectivity index (χ3v) is 2.53. The topological polar surface area (TPSA) is 30.9 Å². The number of hydrogen-bond acceptors (Lipinski definition) is 1. The Balaban J connectivity index is 2.28. The first-order valence-corrected chi connectivity index (χ1v) is 4.66. The summed E-state index contributed by atoms with van der Waals surface area (Å²) in [6, 6.07) is 0. The molecule has 2 heteroatoms. The molecule has 0 atom stereocenters. The fraction of sp³-hybridized carbons (Fsp3) is 1.00. The van der Waals surface area contributed by atoms with Crippen molar-refractivity contribution >= 4 is 0 Å². The van der Waals surface area contributed by atoms with Crippen LogP contribution in [0.3, 0.4) is 0 Å². The highest BCUT2D eigenvalue weighted by Crippen LogP contribution is 2.17. The van der Waals surface area contributed by atoms with Crippen molar-refractivity contribution in [2.75, 3.05) is 26.2 Å². The van der Waals surface area contributed by atoms with E-state index in [1.54, 1.807) is 0 Å². The van der Waals surface area contributed by atoms with Crippen molar-refractivity contribution < 1.29 is 5.73 Å². The molecule has 1 fully saturated rings. The zero-order chi connectivity index (χ0) is 8.32. The molecule has 11 heavy (non-hydrogen) atoms. The van der Waals surface area contributed by atoms with E-state index in [1.165, 1.54) is 32.5 Å². The number of nitrogens with zero attached hydrogens (tertiary/aromatic N) is 1. The molecule has 3 N–H and O–H groups in total. The highest BCUT2D eigenvalue weighted by molar-refractivity contribution is 4.75. The normalized spacial score (nSPS) is 21.0. The third kappa shape index (κ3) is 2.80. The average Bonchev–Trinajstić information content (AvgIpc) is 2.39. The second-order valence-electron chi connectivity index (χ2n) is 4.40. The molecule has 0 spiro atoms. The Labute approximate surface area is 69.8 Å². The number of rotatable bonds is 3. The summed E-state index contributed by atoms with van der Waals surface area (Å²) in [5.74, 6) is 0. The maximum absolute atomic E-state index is 3.97. The summed E-state index contributed by atoms with van der Waals surface area (Å²) in [5.41, 5.74) is 4.39. The summed E-state index contributed by atoms with van der Waals surface area (Å²) in [7, 11) is 0. The molecule has 0 aromatic rings. The summed E-state index contributed by atoms with van der Waals surface area (Å²) in [6.07, 6.45) is 2.79. The monoisotopic (exact) mass is 157 g/mol. The van der Waals surface area contributed by atoms with E-state index in [0.29, 0.717) is 5.41 Å². The van der Waals surface area contributed by atoms with E-state index in [4.69, 9.17) is 0 Å². The first kappa shape index (κ1) is 9.01. The Bertz CT molecular complexity index is 115. The average molecular weight is 157 g/mol. The first-order valence-electron chi connectivity index (χ1n) is 4.66. The lowest BCUT2D eigenvalue weighted by atomic mass is 9.93. The van der Waals surface area contributed by atoms with Crippen LogP contribution in [0.4, 0.5) is 0 Å². The van der Waals surface area contributed by atoms with Gasteiger partial charge in [-0.15, -0.1) is 0 Å². The molecule has 1 heterocycles. The van der Waals surface area contributed by atoms with Gasteiger partial charge in [-0.25, -0.2) is 0 Å². The quantitative estimate of drug-likeness (QED) is 0.629. The molecule has 0 radical (unpaired) electrons. The van der Waals surface area contributed by atoms with Gasteiger partial charge in [0, 0.05) is 12.0 Å². The Morgan fingerprint density at radius 1 is 1.27 bits per heavy atom. The van der Waals surface area contributed by atoms with Gasteiger partial charge in [-0.3, -0.25) is 0 Å². The van der Waals surface area contributed by atoms with E-state index in [1.807, 2.05) is 0 Å². The summed E-state index contributed by atoms with van der Waals surface area (Å²) < 4.78 is 0. The van der Waals surface area contributed by atoms with Crippen molar-refractivity contribution in [1.82, 2.24) is 4.90 Å². The molecular weight excluding hydrogens is 136 g/mol. The number of hydrogen-bond donors (Lipinski definition) is 1. The van der Waals surface area contributed by atoms with E-state index < -0.39 is 0 Å². The largest absolute Gasteiger partial charge is 0.357 e. The summed E-state index contributed by atoms with van der Waals surface area (Å²) in [6.45, 7) is 9.50. The van der Waals surface area contributed by atoms with Gasteiger partial charge >= 0.3 is 0 Å². The van der Waals surface area contributed by atoms with Gasteiger partial charge in [-0.1, -0.05) is 13.8 Å². The van der Waals surface area contributed by atoms with E-state index in [9.17, 15) is 0 Å². The summed E-state index contributed by atoms with van der Waals surface area (Å²) in [5, 5.41) is 0. The van der Waals surface area contributed by atoms with E-state index in [0.717, 1.165) is 6.54 Å². The molecule has 0 amide bonds. The van der Waals surface area contributed by atoms with Crippen LogP contribution in [0.15, 0.2) is 0 Å². The second kappa shape index (κ2) is 3.55. The maximum atomic E-state index is 3.97. The van der Waals surface area contributed by atoms with E-state index in [2.05, 4.69) is 24.5 Å². The van der Waals surface area contributed by atoms with Crippen molar-refractivity contribution in [1.29, 1.82) is 0 Å². The van der Waals surface area contributed by atoms with Crippen LogP contribution in [0.2, 0.25) is 0 Å². The van der Waals surface area contributed by atoms with Crippen LogP contribution in [-0.2, 0) is 0 Å². The second-order valence-corrected chi connectivity index (χ2v) is 4.40. The van der Waals surface area contributed by atoms with Crippen LogP contribution in [0, 0.1) is 5.41 Å². The Morgan fingerprint density at radius 3 is 2.27 bits per heavy atom.